The molecule has 1 amide bonds. The van der Waals surface area contributed by atoms with Gasteiger partial charge in [0.1, 0.15) is 11.6 Å². The fraction of sp³-hybridized carbons (Fsp3) is 0.579. The molecule has 0 aromatic carbocycles. The van der Waals surface area contributed by atoms with Gasteiger partial charge in [-0.3, -0.25) is 4.79 Å². The number of piperidine rings is 1. The predicted molar refractivity (Wildman–Crippen MR) is 100 cm³/mol. The molecule has 0 aliphatic carbocycles. The first-order valence-corrected chi connectivity index (χ1v) is 9.34. The Morgan fingerprint density at radius 3 is 2.73 bits per heavy atom. The molecule has 1 atom stereocenters. The summed E-state index contributed by atoms with van der Waals surface area (Å²) in [6, 6.07) is 0. The highest BCUT2D eigenvalue weighted by molar-refractivity contribution is 5.93. The topological polar surface area (TPSA) is 67.2 Å². The highest BCUT2D eigenvalue weighted by Crippen LogP contribution is 2.26. The van der Waals surface area contributed by atoms with Crippen molar-refractivity contribution in [3.8, 4) is 0 Å². The standard InChI is InChI=1S/C19H28N6O/c1-4-17-21-12-16(13-22-17)19(26)25-8-5-6-15(14-25)18-20-7-9-24(18)11-10-23(2)3/h7,9,12-13,15H,4-6,8,10-11,14H2,1-3H3/t15-/m1/s1. The number of aromatic nitrogens is 4. The van der Waals surface area contributed by atoms with E-state index in [-0.39, 0.29) is 11.8 Å². The SMILES string of the molecule is CCc1ncc(C(=O)N2CCC[C@@H](c3nccn3CCN(C)C)C2)cn1. The molecule has 7 heteroatoms. The van der Waals surface area contributed by atoms with Crippen molar-refractivity contribution < 1.29 is 4.79 Å². The zero-order chi connectivity index (χ0) is 18.5. The number of likely N-dealkylation sites (tertiary alicyclic amines) is 1. The summed E-state index contributed by atoms with van der Waals surface area (Å²) in [4.78, 5) is 30.0. The van der Waals surface area contributed by atoms with Crippen LogP contribution in [0.25, 0.3) is 0 Å². The predicted octanol–water partition coefficient (Wildman–Crippen LogP) is 1.82. The van der Waals surface area contributed by atoms with Crippen LogP contribution in [0.15, 0.2) is 24.8 Å². The summed E-state index contributed by atoms with van der Waals surface area (Å²) in [5, 5.41) is 0. The van der Waals surface area contributed by atoms with E-state index < -0.39 is 0 Å². The maximum atomic E-state index is 12.8. The van der Waals surface area contributed by atoms with Crippen molar-refractivity contribution in [2.75, 3.05) is 33.7 Å². The third-order valence-corrected chi connectivity index (χ3v) is 4.88. The molecule has 140 valence electrons. The molecule has 1 aliphatic heterocycles. The molecular weight excluding hydrogens is 328 g/mol. The average molecular weight is 356 g/mol. The van der Waals surface area contributed by atoms with E-state index in [1.165, 1.54) is 0 Å². The van der Waals surface area contributed by atoms with E-state index in [0.717, 1.165) is 50.5 Å². The number of imidazole rings is 1. The van der Waals surface area contributed by atoms with Crippen molar-refractivity contribution in [1.29, 1.82) is 0 Å². The summed E-state index contributed by atoms with van der Waals surface area (Å²) < 4.78 is 2.22. The fourth-order valence-corrected chi connectivity index (χ4v) is 3.38. The van der Waals surface area contributed by atoms with Gasteiger partial charge >= 0.3 is 0 Å². The number of rotatable bonds is 6. The highest BCUT2D eigenvalue weighted by Gasteiger charge is 2.28. The van der Waals surface area contributed by atoms with Crippen molar-refractivity contribution in [3.63, 3.8) is 0 Å². The van der Waals surface area contributed by atoms with Crippen LogP contribution in [0.2, 0.25) is 0 Å². The van der Waals surface area contributed by atoms with E-state index in [1.54, 1.807) is 12.4 Å². The smallest absolute Gasteiger partial charge is 0.257 e. The maximum Gasteiger partial charge on any atom is 0.257 e. The zero-order valence-corrected chi connectivity index (χ0v) is 15.9. The van der Waals surface area contributed by atoms with E-state index in [1.807, 2.05) is 24.2 Å². The number of carbonyl (C=O) groups excluding carboxylic acids is 1. The van der Waals surface area contributed by atoms with Crippen LogP contribution in [0.4, 0.5) is 0 Å². The molecule has 1 saturated heterocycles. The second-order valence-electron chi connectivity index (χ2n) is 7.11. The zero-order valence-electron chi connectivity index (χ0n) is 15.9. The number of carbonyl (C=O) groups is 1. The second-order valence-corrected chi connectivity index (χ2v) is 7.11. The second kappa shape index (κ2) is 8.40. The molecule has 1 aliphatic rings. The van der Waals surface area contributed by atoms with Crippen LogP contribution in [0.3, 0.4) is 0 Å². The molecule has 3 heterocycles. The summed E-state index contributed by atoms with van der Waals surface area (Å²) in [6.45, 7) is 5.38. The first-order chi connectivity index (χ1) is 12.6. The number of amides is 1. The lowest BCUT2D eigenvalue weighted by molar-refractivity contribution is 0.0702. The van der Waals surface area contributed by atoms with Gasteiger partial charge < -0.3 is 14.4 Å². The van der Waals surface area contributed by atoms with E-state index in [0.29, 0.717) is 12.1 Å². The Morgan fingerprint density at radius 2 is 2.04 bits per heavy atom. The van der Waals surface area contributed by atoms with E-state index in [2.05, 4.69) is 38.5 Å². The molecule has 0 N–H and O–H groups in total. The minimum atomic E-state index is 0.0174. The van der Waals surface area contributed by atoms with Crippen LogP contribution in [-0.4, -0.2) is 69.0 Å². The maximum absolute atomic E-state index is 12.8. The van der Waals surface area contributed by atoms with Gasteiger partial charge in [0, 0.05) is 63.3 Å². The molecule has 0 unspecified atom stereocenters. The van der Waals surface area contributed by atoms with Crippen LogP contribution < -0.4 is 0 Å². The van der Waals surface area contributed by atoms with Gasteiger partial charge in [0.2, 0.25) is 0 Å². The Bertz CT molecular complexity index is 724. The Kier molecular flexibility index (Phi) is 5.98. The van der Waals surface area contributed by atoms with Crippen LogP contribution in [-0.2, 0) is 13.0 Å². The summed E-state index contributed by atoms with van der Waals surface area (Å²) in [5.41, 5.74) is 0.568. The third-order valence-electron chi connectivity index (χ3n) is 4.88. The number of hydrogen-bond donors (Lipinski definition) is 0. The van der Waals surface area contributed by atoms with E-state index in [4.69, 9.17) is 0 Å². The average Bonchev–Trinajstić information content (AvgIpc) is 3.14. The normalized spacial score (nSPS) is 17.7. The number of hydrogen-bond acceptors (Lipinski definition) is 5. The molecular formula is C19H28N6O. The molecule has 0 bridgehead atoms. The van der Waals surface area contributed by atoms with Crippen LogP contribution >= 0.6 is 0 Å². The van der Waals surface area contributed by atoms with Gasteiger partial charge in [0.25, 0.3) is 5.91 Å². The lowest BCUT2D eigenvalue weighted by atomic mass is 9.96. The van der Waals surface area contributed by atoms with Crippen molar-refractivity contribution >= 4 is 5.91 Å². The van der Waals surface area contributed by atoms with Gasteiger partial charge in [-0.25, -0.2) is 15.0 Å². The van der Waals surface area contributed by atoms with Crippen molar-refractivity contribution in [2.24, 2.45) is 0 Å². The minimum Gasteiger partial charge on any atom is -0.338 e. The van der Waals surface area contributed by atoms with Crippen molar-refractivity contribution in [1.82, 2.24) is 29.3 Å². The summed E-state index contributed by atoms with van der Waals surface area (Å²) in [6.07, 6.45) is 10.0. The highest BCUT2D eigenvalue weighted by atomic mass is 16.2. The van der Waals surface area contributed by atoms with Crippen LogP contribution in [0.1, 0.15) is 47.7 Å². The number of nitrogens with zero attached hydrogens (tertiary/aromatic N) is 6. The molecule has 26 heavy (non-hydrogen) atoms. The van der Waals surface area contributed by atoms with E-state index in [9.17, 15) is 4.79 Å². The molecule has 2 aromatic heterocycles. The van der Waals surface area contributed by atoms with E-state index >= 15 is 0 Å². The molecule has 3 rings (SSSR count). The molecule has 0 radical (unpaired) electrons. The van der Waals surface area contributed by atoms with Gasteiger partial charge in [-0.05, 0) is 26.9 Å². The first-order valence-electron chi connectivity index (χ1n) is 9.34. The Labute approximate surface area is 155 Å². The number of aryl methyl sites for hydroxylation is 1. The monoisotopic (exact) mass is 356 g/mol. The van der Waals surface area contributed by atoms with Crippen molar-refractivity contribution in [3.05, 3.63) is 42.0 Å². The number of likely N-dealkylation sites (N-methyl/N-ethyl adjacent to an activating group) is 1. The summed E-state index contributed by atoms with van der Waals surface area (Å²) in [5.74, 6) is 2.15. The van der Waals surface area contributed by atoms with Gasteiger partial charge in [-0.2, -0.15) is 0 Å². The fourth-order valence-electron chi connectivity index (χ4n) is 3.38. The molecule has 0 spiro atoms. The molecule has 7 nitrogen and oxygen atoms in total. The van der Waals surface area contributed by atoms with Gasteiger partial charge in [-0.15, -0.1) is 0 Å². The van der Waals surface area contributed by atoms with Crippen LogP contribution in [0, 0.1) is 0 Å². The lowest BCUT2D eigenvalue weighted by Gasteiger charge is -2.32. The Hall–Kier alpha value is -2.28. The lowest BCUT2D eigenvalue weighted by Crippen LogP contribution is -2.40. The molecule has 1 fully saturated rings. The first kappa shape index (κ1) is 18.5. The Morgan fingerprint density at radius 1 is 1.27 bits per heavy atom. The van der Waals surface area contributed by atoms with Gasteiger partial charge in [0.15, 0.2) is 0 Å². The summed E-state index contributed by atoms with van der Waals surface area (Å²) >= 11 is 0. The third kappa shape index (κ3) is 4.27. The summed E-state index contributed by atoms with van der Waals surface area (Å²) in [7, 11) is 4.15. The quantitative estimate of drug-likeness (QED) is 0.790. The molecule has 0 saturated carbocycles. The van der Waals surface area contributed by atoms with Crippen LogP contribution in [0.5, 0.6) is 0 Å². The van der Waals surface area contributed by atoms with Gasteiger partial charge in [-0.1, -0.05) is 6.92 Å². The van der Waals surface area contributed by atoms with Crippen molar-refractivity contribution in [2.45, 2.75) is 38.6 Å². The largest absolute Gasteiger partial charge is 0.338 e. The van der Waals surface area contributed by atoms with Gasteiger partial charge in [0.05, 0.1) is 5.56 Å². The Balaban J connectivity index is 1.69. The molecule has 2 aromatic rings. The minimum absolute atomic E-state index is 0.0174.